The molecule has 1 atom stereocenters. The minimum absolute atomic E-state index is 0.150. The molecule has 3 aliphatic rings. The van der Waals surface area contributed by atoms with Crippen LogP contribution in [0.15, 0.2) is 0 Å². The van der Waals surface area contributed by atoms with Crippen LogP contribution in [-0.4, -0.2) is 71.3 Å². The third kappa shape index (κ3) is 4.85. The molecule has 1 saturated carbocycles. The topological polar surface area (TPSA) is 53.4 Å². The molecular formula is C23H39N5O. The molecule has 0 radical (unpaired) electrons. The minimum Gasteiger partial charge on any atom is -0.336 e. The highest BCUT2D eigenvalue weighted by Crippen LogP contribution is 2.28. The third-order valence-electron chi connectivity index (χ3n) is 7.28. The van der Waals surface area contributed by atoms with E-state index in [9.17, 15) is 4.79 Å². The number of nitrogens with zero attached hydrogens (tertiary/aromatic N) is 4. The van der Waals surface area contributed by atoms with Gasteiger partial charge in [0.25, 0.3) is 5.91 Å². The highest BCUT2D eigenvalue weighted by molar-refractivity contribution is 5.94. The Balaban J connectivity index is 1.45. The van der Waals surface area contributed by atoms with Crippen molar-refractivity contribution >= 4 is 5.91 Å². The number of likely N-dealkylation sites (N-methyl/N-ethyl adjacent to an activating group) is 1. The molecule has 29 heavy (non-hydrogen) atoms. The summed E-state index contributed by atoms with van der Waals surface area (Å²) in [6.07, 6.45) is 11.2. The summed E-state index contributed by atoms with van der Waals surface area (Å²) in [6.45, 7) is 7.80. The summed E-state index contributed by atoms with van der Waals surface area (Å²) in [5.41, 5.74) is 3.26. The van der Waals surface area contributed by atoms with E-state index < -0.39 is 0 Å². The van der Waals surface area contributed by atoms with E-state index in [1.165, 1.54) is 43.4 Å². The zero-order chi connectivity index (χ0) is 20.2. The van der Waals surface area contributed by atoms with Crippen molar-refractivity contribution in [3.05, 3.63) is 17.0 Å². The van der Waals surface area contributed by atoms with Gasteiger partial charge < -0.3 is 15.1 Å². The van der Waals surface area contributed by atoms with E-state index >= 15 is 0 Å². The molecule has 2 fully saturated rings. The number of aryl methyl sites for hydroxylation is 1. The summed E-state index contributed by atoms with van der Waals surface area (Å²) in [6, 6.07) is 0.487. The van der Waals surface area contributed by atoms with Gasteiger partial charge in [0.1, 0.15) is 0 Å². The van der Waals surface area contributed by atoms with Crippen LogP contribution in [0.3, 0.4) is 0 Å². The Kier molecular flexibility index (Phi) is 6.91. The maximum atomic E-state index is 13.4. The molecule has 1 aromatic rings. The maximum Gasteiger partial charge on any atom is 0.274 e. The molecule has 0 aromatic carbocycles. The number of hydrogen-bond donors (Lipinski definition) is 1. The molecule has 1 aliphatic heterocycles. The first kappa shape index (κ1) is 20.9. The van der Waals surface area contributed by atoms with E-state index in [0.29, 0.717) is 6.04 Å². The monoisotopic (exact) mass is 401 g/mol. The molecule has 2 aliphatic carbocycles. The number of fused-ring (bicyclic) bond motifs is 1. The van der Waals surface area contributed by atoms with Crippen molar-refractivity contribution in [2.45, 2.75) is 77.3 Å². The summed E-state index contributed by atoms with van der Waals surface area (Å²) >= 11 is 0. The van der Waals surface area contributed by atoms with E-state index in [1.807, 2.05) is 4.90 Å². The minimum atomic E-state index is 0.150. The fourth-order valence-corrected chi connectivity index (χ4v) is 5.42. The Bertz CT molecular complexity index is 694. The lowest BCUT2D eigenvalue weighted by atomic mass is 9.87. The van der Waals surface area contributed by atoms with Gasteiger partial charge in [-0.15, -0.1) is 0 Å². The summed E-state index contributed by atoms with van der Waals surface area (Å²) in [7, 11) is 2.14. The Morgan fingerprint density at radius 1 is 1.07 bits per heavy atom. The van der Waals surface area contributed by atoms with E-state index in [1.54, 1.807) is 0 Å². The Morgan fingerprint density at radius 3 is 2.69 bits per heavy atom. The lowest BCUT2D eigenvalue weighted by Gasteiger charge is -2.28. The molecule has 1 aromatic heterocycles. The smallest absolute Gasteiger partial charge is 0.274 e. The van der Waals surface area contributed by atoms with Crippen LogP contribution in [-0.2, 0) is 19.4 Å². The van der Waals surface area contributed by atoms with E-state index in [0.717, 1.165) is 76.6 Å². The summed E-state index contributed by atoms with van der Waals surface area (Å²) in [5, 5.41) is 8.66. The van der Waals surface area contributed by atoms with Crippen LogP contribution in [0.2, 0.25) is 0 Å². The molecular weight excluding hydrogens is 362 g/mol. The summed E-state index contributed by atoms with van der Waals surface area (Å²) in [5.74, 6) is 0.996. The quantitative estimate of drug-likeness (QED) is 0.824. The van der Waals surface area contributed by atoms with Crippen LogP contribution < -0.4 is 5.32 Å². The number of amides is 1. The number of hydrogen-bond acceptors (Lipinski definition) is 4. The first-order valence-corrected chi connectivity index (χ1v) is 12.0. The molecule has 0 bridgehead atoms. The third-order valence-corrected chi connectivity index (χ3v) is 7.28. The molecule has 6 heteroatoms. The van der Waals surface area contributed by atoms with Gasteiger partial charge in [-0.2, -0.15) is 5.10 Å². The van der Waals surface area contributed by atoms with Gasteiger partial charge >= 0.3 is 0 Å². The summed E-state index contributed by atoms with van der Waals surface area (Å²) < 4.78 is 2.09. The van der Waals surface area contributed by atoms with Crippen molar-refractivity contribution in [3.63, 3.8) is 0 Å². The SMILES string of the molecule is CCn1nc(C(=O)N2CCCN(C)CC2)c2c1CCC(NCC1CCCCC1)C2. The predicted molar refractivity (Wildman–Crippen MR) is 116 cm³/mol. The van der Waals surface area contributed by atoms with Gasteiger partial charge in [-0.05, 0) is 71.5 Å². The standard InChI is InChI=1S/C23H39N5O/c1-3-28-21-11-10-19(24-17-18-8-5-4-6-9-18)16-20(21)22(25-28)23(29)27-13-7-12-26(2)14-15-27/h18-19,24H,3-17H2,1-2H3. The molecule has 1 saturated heterocycles. The number of nitrogens with one attached hydrogen (secondary N) is 1. The Hall–Kier alpha value is -1.40. The van der Waals surface area contributed by atoms with Crippen LogP contribution in [0.1, 0.15) is 73.6 Å². The van der Waals surface area contributed by atoms with Gasteiger partial charge in [0.2, 0.25) is 0 Å². The fraction of sp³-hybridized carbons (Fsp3) is 0.826. The molecule has 4 rings (SSSR count). The molecule has 1 unspecified atom stereocenters. The first-order chi connectivity index (χ1) is 14.2. The number of rotatable bonds is 5. The van der Waals surface area contributed by atoms with Crippen LogP contribution in [0.4, 0.5) is 0 Å². The lowest BCUT2D eigenvalue weighted by Crippen LogP contribution is -2.39. The predicted octanol–water partition coefficient (Wildman–Crippen LogP) is 2.71. The molecule has 1 N–H and O–H groups in total. The van der Waals surface area contributed by atoms with E-state index in [2.05, 4.69) is 28.9 Å². The Morgan fingerprint density at radius 2 is 1.90 bits per heavy atom. The van der Waals surface area contributed by atoms with Crippen LogP contribution in [0.25, 0.3) is 0 Å². The Labute approximate surface area is 176 Å². The molecule has 2 heterocycles. The average molecular weight is 402 g/mol. The van der Waals surface area contributed by atoms with E-state index in [-0.39, 0.29) is 5.91 Å². The summed E-state index contributed by atoms with van der Waals surface area (Å²) in [4.78, 5) is 17.7. The zero-order valence-corrected chi connectivity index (χ0v) is 18.5. The largest absolute Gasteiger partial charge is 0.336 e. The molecule has 0 spiro atoms. The number of carbonyl (C=O) groups is 1. The number of aromatic nitrogens is 2. The van der Waals surface area contributed by atoms with Gasteiger partial charge in [0, 0.05) is 43.5 Å². The first-order valence-electron chi connectivity index (χ1n) is 12.0. The van der Waals surface area contributed by atoms with Gasteiger partial charge in [-0.3, -0.25) is 9.48 Å². The van der Waals surface area contributed by atoms with Gasteiger partial charge in [-0.1, -0.05) is 19.3 Å². The lowest BCUT2D eigenvalue weighted by molar-refractivity contribution is 0.0754. The molecule has 1 amide bonds. The van der Waals surface area contributed by atoms with Crippen molar-refractivity contribution in [2.75, 3.05) is 39.8 Å². The van der Waals surface area contributed by atoms with Crippen LogP contribution in [0, 0.1) is 5.92 Å². The normalized spacial score (nSPS) is 24.3. The van der Waals surface area contributed by atoms with Crippen molar-refractivity contribution in [3.8, 4) is 0 Å². The highest BCUT2D eigenvalue weighted by atomic mass is 16.2. The van der Waals surface area contributed by atoms with Crippen LogP contribution in [0.5, 0.6) is 0 Å². The van der Waals surface area contributed by atoms with Gasteiger partial charge in [-0.25, -0.2) is 0 Å². The maximum absolute atomic E-state index is 13.4. The number of carbonyl (C=O) groups excluding carboxylic acids is 1. The van der Waals surface area contributed by atoms with Crippen molar-refractivity contribution in [1.29, 1.82) is 0 Å². The van der Waals surface area contributed by atoms with Crippen LogP contribution >= 0.6 is 0 Å². The fourth-order valence-electron chi connectivity index (χ4n) is 5.42. The van der Waals surface area contributed by atoms with Crippen molar-refractivity contribution in [2.24, 2.45) is 5.92 Å². The second kappa shape index (κ2) is 9.61. The average Bonchev–Trinajstić information content (AvgIpc) is 2.98. The molecule has 162 valence electrons. The van der Waals surface area contributed by atoms with Gasteiger partial charge in [0.05, 0.1) is 0 Å². The van der Waals surface area contributed by atoms with E-state index in [4.69, 9.17) is 5.10 Å². The van der Waals surface area contributed by atoms with Crippen molar-refractivity contribution < 1.29 is 4.79 Å². The van der Waals surface area contributed by atoms with Crippen molar-refractivity contribution in [1.82, 2.24) is 24.9 Å². The second-order valence-electron chi connectivity index (χ2n) is 9.39. The molecule has 6 nitrogen and oxygen atoms in total. The zero-order valence-electron chi connectivity index (χ0n) is 18.5. The highest BCUT2D eigenvalue weighted by Gasteiger charge is 2.31. The second-order valence-corrected chi connectivity index (χ2v) is 9.39. The van der Waals surface area contributed by atoms with Gasteiger partial charge in [0.15, 0.2) is 5.69 Å².